The van der Waals surface area contributed by atoms with E-state index in [1.165, 1.54) is 276 Å². The van der Waals surface area contributed by atoms with Crippen molar-refractivity contribution < 1.29 is 49.3 Å². The van der Waals surface area contributed by atoms with Gasteiger partial charge >= 0.3 is 5.97 Å². The molecule has 1 aliphatic heterocycles. The van der Waals surface area contributed by atoms with E-state index >= 15 is 0 Å². The van der Waals surface area contributed by atoms with E-state index in [0.717, 1.165) is 64.2 Å². The summed E-state index contributed by atoms with van der Waals surface area (Å²) >= 11 is 0. The van der Waals surface area contributed by atoms with Crippen molar-refractivity contribution in [2.75, 3.05) is 19.8 Å². The van der Waals surface area contributed by atoms with Gasteiger partial charge in [0, 0.05) is 12.8 Å². The predicted molar refractivity (Wildman–Crippen MR) is 370 cm³/mol. The van der Waals surface area contributed by atoms with Crippen LogP contribution in [0.5, 0.6) is 0 Å². The molecule has 0 saturated carbocycles. The van der Waals surface area contributed by atoms with Crippen LogP contribution in [0.2, 0.25) is 0 Å². The highest BCUT2D eigenvalue weighted by atomic mass is 16.7. The second-order valence-corrected chi connectivity index (χ2v) is 26.3. The predicted octanol–water partition coefficient (Wildman–Crippen LogP) is 19.9. The number of nitrogens with one attached hydrogen (secondary N) is 1. The van der Waals surface area contributed by atoms with Crippen molar-refractivity contribution in [3.8, 4) is 0 Å². The summed E-state index contributed by atoms with van der Waals surface area (Å²) in [6.45, 7) is 4.36. The van der Waals surface area contributed by atoms with Crippen molar-refractivity contribution in [1.82, 2.24) is 5.32 Å². The van der Waals surface area contributed by atoms with Crippen LogP contribution in [0.15, 0.2) is 48.6 Å². The van der Waals surface area contributed by atoms with E-state index in [1.54, 1.807) is 6.08 Å². The number of rotatable bonds is 67. The average molecular weight is 1240 g/mol. The van der Waals surface area contributed by atoms with Crippen LogP contribution in [0.4, 0.5) is 0 Å². The smallest absolute Gasteiger partial charge is 0.305 e. The quantitative estimate of drug-likeness (QED) is 0.0195. The van der Waals surface area contributed by atoms with Gasteiger partial charge in [0.2, 0.25) is 5.91 Å². The molecule has 7 unspecified atom stereocenters. The molecule has 0 aliphatic carbocycles. The molecule has 1 saturated heterocycles. The fraction of sp³-hybridized carbons (Fsp3) is 0.870. The van der Waals surface area contributed by atoms with Crippen molar-refractivity contribution in [1.29, 1.82) is 0 Å². The fourth-order valence-electron chi connectivity index (χ4n) is 11.9. The molecule has 0 spiro atoms. The molecule has 7 atom stereocenters. The lowest BCUT2D eigenvalue weighted by atomic mass is 9.99. The second kappa shape index (κ2) is 66.1. The molecule has 0 aromatic carbocycles. The lowest BCUT2D eigenvalue weighted by Gasteiger charge is -2.40. The number of allylic oxidation sites excluding steroid dienone is 7. The van der Waals surface area contributed by atoms with E-state index < -0.39 is 49.5 Å². The lowest BCUT2D eigenvalue weighted by molar-refractivity contribution is -0.302. The minimum Gasteiger partial charge on any atom is -0.466 e. The van der Waals surface area contributed by atoms with Crippen LogP contribution in [0.3, 0.4) is 0 Å². The van der Waals surface area contributed by atoms with Gasteiger partial charge in [-0.1, -0.05) is 313 Å². The van der Waals surface area contributed by atoms with Crippen LogP contribution < -0.4 is 5.32 Å². The standard InChI is InChI=1S/C77H143NO10/c1-3-5-7-9-11-13-15-17-37-40-43-47-51-55-59-63-70(80)69(68-87-77-76(85)75(84)74(83)71(67-79)88-77)78-72(81)64-60-56-52-48-44-41-38-35-33-31-29-27-25-23-21-19-18-20-22-24-26-28-30-32-34-36-39-42-46-50-54-58-62-66-86-73(82)65-61-57-53-49-45-16-14-12-10-8-6-4-2/h12,14,22,24,28,30,59,63,69-71,74-77,79-80,83-85H,3-11,13,15-21,23,25-27,29,31-58,60-62,64-68H2,1-2H3,(H,78,81)/b14-12-,24-22-,30-28-,63-59+. The Morgan fingerprint density at radius 3 is 1.18 bits per heavy atom. The number of esters is 1. The Bertz CT molecular complexity index is 1600. The van der Waals surface area contributed by atoms with Crippen LogP contribution in [0.1, 0.15) is 367 Å². The summed E-state index contributed by atoms with van der Waals surface area (Å²) in [6.07, 6.45) is 76.8. The first-order valence-corrected chi connectivity index (χ1v) is 37.9. The van der Waals surface area contributed by atoms with Crippen LogP contribution in [0.25, 0.3) is 0 Å². The number of unbranched alkanes of at least 4 members (excludes halogenated alkanes) is 47. The fourth-order valence-corrected chi connectivity index (χ4v) is 11.9. The summed E-state index contributed by atoms with van der Waals surface area (Å²) in [7, 11) is 0. The maximum atomic E-state index is 13.1. The Morgan fingerprint density at radius 2 is 0.761 bits per heavy atom. The topological polar surface area (TPSA) is 175 Å². The highest BCUT2D eigenvalue weighted by Gasteiger charge is 2.44. The zero-order valence-electron chi connectivity index (χ0n) is 57.4. The summed E-state index contributed by atoms with van der Waals surface area (Å²) in [5.41, 5.74) is 0. The van der Waals surface area contributed by atoms with Gasteiger partial charge in [0.15, 0.2) is 6.29 Å². The number of aliphatic hydroxyl groups is 5. The van der Waals surface area contributed by atoms with Crippen molar-refractivity contribution in [2.45, 2.75) is 410 Å². The molecule has 0 radical (unpaired) electrons. The molecule has 516 valence electrons. The van der Waals surface area contributed by atoms with Crippen LogP contribution in [-0.2, 0) is 23.8 Å². The molecule has 1 amide bonds. The Kier molecular flexibility index (Phi) is 62.8. The van der Waals surface area contributed by atoms with Gasteiger partial charge < -0.3 is 45.1 Å². The Labute approximate surface area is 542 Å². The van der Waals surface area contributed by atoms with Gasteiger partial charge in [-0.3, -0.25) is 9.59 Å². The second-order valence-electron chi connectivity index (χ2n) is 26.3. The normalized spacial score (nSPS) is 18.0. The zero-order valence-corrected chi connectivity index (χ0v) is 57.4. The number of hydrogen-bond acceptors (Lipinski definition) is 10. The van der Waals surface area contributed by atoms with Gasteiger partial charge in [-0.05, 0) is 89.9 Å². The minimum atomic E-state index is -1.57. The maximum absolute atomic E-state index is 13.1. The number of carbonyl (C=O) groups excluding carboxylic acids is 2. The molecule has 0 aromatic rings. The summed E-state index contributed by atoms with van der Waals surface area (Å²) in [4.78, 5) is 25.1. The molecule has 0 bridgehead atoms. The molecule has 1 fully saturated rings. The number of aliphatic hydroxyl groups excluding tert-OH is 5. The molecular weight excluding hydrogens is 1100 g/mol. The van der Waals surface area contributed by atoms with E-state index in [9.17, 15) is 35.1 Å². The third kappa shape index (κ3) is 54.2. The van der Waals surface area contributed by atoms with Crippen LogP contribution in [-0.4, -0.2) is 100 Å². The Morgan fingerprint density at radius 1 is 0.420 bits per heavy atom. The monoisotopic (exact) mass is 1240 g/mol. The summed E-state index contributed by atoms with van der Waals surface area (Å²) in [5.74, 6) is -0.180. The van der Waals surface area contributed by atoms with E-state index in [1.807, 2.05) is 6.08 Å². The first-order chi connectivity index (χ1) is 43.2. The third-order valence-electron chi connectivity index (χ3n) is 17.9. The van der Waals surface area contributed by atoms with Crippen molar-refractivity contribution in [3.05, 3.63) is 48.6 Å². The summed E-state index contributed by atoms with van der Waals surface area (Å²) in [6, 6.07) is -0.810. The average Bonchev–Trinajstić information content (AvgIpc) is 3.45. The lowest BCUT2D eigenvalue weighted by Crippen LogP contribution is -2.60. The highest BCUT2D eigenvalue weighted by Crippen LogP contribution is 2.23. The molecule has 6 N–H and O–H groups in total. The molecule has 1 rings (SSSR count). The van der Waals surface area contributed by atoms with Crippen molar-refractivity contribution in [3.63, 3.8) is 0 Å². The molecule has 0 aromatic heterocycles. The van der Waals surface area contributed by atoms with Gasteiger partial charge in [-0.25, -0.2) is 0 Å². The summed E-state index contributed by atoms with van der Waals surface area (Å²) in [5, 5.41) is 54.6. The minimum absolute atomic E-state index is 0.00304. The molecule has 88 heavy (non-hydrogen) atoms. The van der Waals surface area contributed by atoms with Gasteiger partial charge in [0.25, 0.3) is 0 Å². The largest absolute Gasteiger partial charge is 0.466 e. The first kappa shape index (κ1) is 83.6. The van der Waals surface area contributed by atoms with E-state index in [2.05, 4.69) is 55.6 Å². The SMILES string of the molecule is CCCCC/C=C\CCCCCCCC(=O)OCCCCCCCCCCC/C=C\C/C=C\CCCCCCCCCCCCCCCCCCCC(=O)NC(COC1OC(CO)C(O)C(O)C1O)C(O)/C=C/CCCCCCCCCCCCCCC. The molecule has 1 aliphatic rings. The van der Waals surface area contributed by atoms with Crippen LogP contribution >= 0.6 is 0 Å². The van der Waals surface area contributed by atoms with Gasteiger partial charge in [0.1, 0.15) is 24.4 Å². The number of ether oxygens (including phenoxy) is 3. The number of carbonyl (C=O) groups is 2. The third-order valence-corrected chi connectivity index (χ3v) is 17.9. The Balaban J connectivity index is 1.97. The first-order valence-electron chi connectivity index (χ1n) is 37.9. The maximum Gasteiger partial charge on any atom is 0.305 e. The van der Waals surface area contributed by atoms with E-state index in [-0.39, 0.29) is 18.5 Å². The van der Waals surface area contributed by atoms with Crippen molar-refractivity contribution >= 4 is 11.9 Å². The van der Waals surface area contributed by atoms with Crippen LogP contribution in [0, 0.1) is 0 Å². The highest BCUT2D eigenvalue weighted by molar-refractivity contribution is 5.76. The van der Waals surface area contributed by atoms with Gasteiger partial charge in [0.05, 0.1) is 32.0 Å². The molecular formula is C77H143NO10. The molecule has 11 heteroatoms. The molecule has 11 nitrogen and oxygen atoms in total. The molecule has 1 heterocycles. The van der Waals surface area contributed by atoms with Gasteiger partial charge in [-0.2, -0.15) is 0 Å². The Hall–Kier alpha value is -2.38. The summed E-state index contributed by atoms with van der Waals surface area (Å²) < 4.78 is 16.8. The number of hydrogen-bond donors (Lipinski definition) is 6. The van der Waals surface area contributed by atoms with Gasteiger partial charge in [-0.15, -0.1) is 0 Å². The van der Waals surface area contributed by atoms with E-state index in [4.69, 9.17) is 14.2 Å². The zero-order chi connectivity index (χ0) is 63.7. The van der Waals surface area contributed by atoms with E-state index in [0.29, 0.717) is 19.4 Å². The van der Waals surface area contributed by atoms with Crippen molar-refractivity contribution in [2.24, 2.45) is 0 Å². The number of amides is 1.